The maximum Gasteiger partial charge on any atom is 0.251 e. The lowest BCUT2D eigenvalue weighted by Crippen LogP contribution is -2.25. The Bertz CT molecular complexity index is 780. The first-order valence-electron chi connectivity index (χ1n) is 7.76. The minimum atomic E-state index is -0.187. The molecule has 0 spiro atoms. The predicted molar refractivity (Wildman–Crippen MR) is 104 cm³/mol. The van der Waals surface area contributed by atoms with Crippen LogP contribution in [0.1, 0.15) is 28.8 Å². The first-order valence-corrected chi connectivity index (χ1v) is 8.83. The van der Waals surface area contributed by atoms with Crippen LogP contribution in [0.25, 0.3) is 6.08 Å². The minimum Gasteiger partial charge on any atom is -0.349 e. The Morgan fingerprint density at radius 1 is 1.08 bits per heavy atom. The van der Waals surface area contributed by atoms with Gasteiger partial charge in [-0.3, -0.25) is 9.59 Å². The summed E-state index contributed by atoms with van der Waals surface area (Å²) in [7, 11) is 0. The van der Waals surface area contributed by atoms with Gasteiger partial charge < -0.3 is 10.6 Å². The molecule has 1 saturated carbocycles. The summed E-state index contributed by atoms with van der Waals surface area (Å²) in [6.07, 6.45) is 5.36. The molecular formula is C19H17IN2O2. The van der Waals surface area contributed by atoms with E-state index in [4.69, 9.17) is 0 Å². The molecule has 0 saturated heterocycles. The number of hydrogen-bond donors (Lipinski definition) is 2. The number of hydrogen-bond acceptors (Lipinski definition) is 2. The fourth-order valence-corrected chi connectivity index (χ4v) is 2.71. The van der Waals surface area contributed by atoms with Crippen LogP contribution >= 0.6 is 22.6 Å². The van der Waals surface area contributed by atoms with Crippen molar-refractivity contribution in [3.05, 3.63) is 69.3 Å². The van der Waals surface area contributed by atoms with Crippen LogP contribution < -0.4 is 10.6 Å². The topological polar surface area (TPSA) is 58.2 Å². The summed E-state index contributed by atoms with van der Waals surface area (Å²) in [5, 5.41) is 5.77. The molecule has 0 radical (unpaired) electrons. The van der Waals surface area contributed by atoms with E-state index < -0.39 is 0 Å². The van der Waals surface area contributed by atoms with Crippen molar-refractivity contribution in [3.8, 4) is 0 Å². The maximum absolute atomic E-state index is 11.9. The summed E-state index contributed by atoms with van der Waals surface area (Å²) in [5.41, 5.74) is 2.28. The van der Waals surface area contributed by atoms with Crippen molar-refractivity contribution in [2.45, 2.75) is 18.9 Å². The summed E-state index contributed by atoms with van der Waals surface area (Å²) in [6, 6.07) is 15.2. The largest absolute Gasteiger partial charge is 0.349 e. The van der Waals surface area contributed by atoms with Gasteiger partial charge in [0.15, 0.2) is 0 Å². The predicted octanol–water partition coefficient (Wildman–Crippen LogP) is 3.84. The summed E-state index contributed by atoms with van der Waals surface area (Å²) < 4.78 is 1.06. The van der Waals surface area contributed by atoms with Gasteiger partial charge in [-0.05, 0) is 77.4 Å². The van der Waals surface area contributed by atoms with E-state index in [0.29, 0.717) is 11.6 Å². The van der Waals surface area contributed by atoms with Gasteiger partial charge in [0, 0.05) is 26.9 Å². The fraction of sp³-hybridized carbons (Fsp3) is 0.158. The average Bonchev–Trinajstić information content (AvgIpc) is 3.37. The van der Waals surface area contributed by atoms with Gasteiger partial charge in [-0.2, -0.15) is 0 Å². The van der Waals surface area contributed by atoms with E-state index in [0.717, 1.165) is 27.7 Å². The Balaban J connectivity index is 1.57. The van der Waals surface area contributed by atoms with Crippen molar-refractivity contribution >= 4 is 46.2 Å². The number of nitrogens with one attached hydrogen (secondary N) is 2. The normalized spacial score (nSPS) is 13.7. The first-order chi connectivity index (χ1) is 11.6. The Kier molecular flexibility index (Phi) is 5.30. The Morgan fingerprint density at radius 3 is 2.50 bits per heavy atom. The molecule has 0 heterocycles. The Morgan fingerprint density at radius 2 is 1.83 bits per heavy atom. The molecule has 3 rings (SSSR count). The lowest BCUT2D eigenvalue weighted by atomic mass is 10.1. The minimum absolute atomic E-state index is 0.0375. The molecule has 2 aromatic carbocycles. The molecular weight excluding hydrogens is 415 g/mol. The second-order valence-corrected chi connectivity index (χ2v) is 6.95. The molecule has 2 N–H and O–H groups in total. The van der Waals surface area contributed by atoms with E-state index in [2.05, 4.69) is 33.2 Å². The van der Waals surface area contributed by atoms with Crippen LogP contribution in [0.4, 0.5) is 5.69 Å². The smallest absolute Gasteiger partial charge is 0.251 e. The molecule has 2 aromatic rings. The van der Waals surface area contributed by atoms with Crippen LogP contribution in [0.2, 0.25) is 0 Å². The van der Waals surface area contributed by atoms with Crippen molar-refractivity contribution in [3.63, 3.8) is 0 Å². The van der Waals surface area contributed by atoms with Crippen molar-refractivity contribution in [1.29, 1.82) is 0 Å². The molecule has 1 fully saturated rings. The second-order valence-electron chi connectivity index (χ2n) is 5.70. The number of rotatable bonds is 5. The zero-order valence-corrected chi connectivity index (χ0v) is 15.1. The van der Waals surface area contributed by atoms with Crippen LogP contribution in [0.5, 0.6) is 0 Å². The van der Waals surface area contributed by atoms with Gasteiger partial charge in [0.1, 0.15) is 0 Å². The van der Waals surface area contributed by atoms with Crippen LogP contribution in [0.15, 0.2) is 54.6 Å². The lowest BCUT2D eigenvalue weighted by Gasteiger charge is -2.04. The second kappa shape index (κ2) is 7.61. The first kappa shape index (κ1) is 16.7. The van der Waals surface area contributed by atoms with Crippen molar-refractivity contribution in [1.82, 2.24) is 5.32 Å². The lowest BCUT2D eigenvalue weighted by molar-refractivity contribution is -0.111. The third kappa shape index (κ3) is 4.92. The quantitative estimate of drug-likeness (QED) is 0.558. The molecule has 0 atom stereocenters. The summed E-state index contributed by atoms with van der Waals surface area (Å²) >= 11 is 2.20. The van der Waals surface area contributed by atoms with Gasteiger partial charge in [0.25, 0.3) is 5.91 Å². The highest BCUT2D eigenvalue weighted by Gasteiger charge is 2.23. The van der Waals surface area contributed by atoms with Crippen LogP contribution in [-0.2, 0) is 4.79 Å². The van der Waals surface area contributed by atoms with E-state index in [1.54, 1.807) is 18.2 Å². The Labute approximate surface area is 154 Å². The number of benzene rings is 2. The van der Waals surface area contributed by atoms with Crippen molar-refractivity contribution in [2.75, 3.05) is 5.32 Å². The summed E-state index contributed by atoms with van der Waals surface area (Å²) in [5.74, 6) is -0.225. The molecule has 2 amide bonds. The van der Waals surface area contributed by atoms with E-state index in [1.165, 1.54) is 6.08 Å². The fourth-order valence-electron chi connectivity index (χ4n) is 2.16. The highest BCUT2D eigenvalue weighted by molar-refractivity contribution is 14.1. The molecule has 1 aliphatic carbocycles. The zero-order valence-electron chi connectivity index (χ0n) is 13.0. The molecule has 0 unspecified atom stereocenters. The average molecular weight is 432 g/mol. The number of halogens is 1. The Hall–Kier alpha value is -2.15. The van der Waals surface area contributed by atoms with Gasteiger partial charge in [0.05, 0.1) is 0 Å². The molecule has 0 bridgehead atoms. The third-order valence-electron chi connectivity index (χ3n) is 3.60. The van der Waals surface area contributed by atoms with Crippen LogP contribution in [0.3, 0.4) is 0 Å². The number of anilines is 1. The van der Waals surface area contributed by atoms with Gasteiger partial charge in [-0.1, -0.05) is 18.2 Å². The number of carbonyl (C=O) groups is 2. The van der Waals surface area contributed by atoms with E-state index >= 15 is 0 Å². The summed E-state index contributed by atoms with van der Waals surface area (Å²) in [6.45, 7) is 0. The molecule has 24 heavy (non-hydrogen) atoms. The van der Waals surface area contributed by atoms with E-state index in [1.807, 2.05) is 36.4 Å². The molecule has 122 valence electrons. The van der Waals surface area contributed by atoms with Gasteiger partial charge in [0.2, 0.25) is 5.91 Å². The monoisotopic (exact) mass is 432 g/mol. The number of amides is 2. The SMILES string of the molecule is O=C(/C=C/c1ccc(C(=O)NC2CC2)cc1)Nc1cccc(I)c1. The van der Waals surface area contributed by atoms with Gasteiger partial charge >= 0.3 is 0 Å². The maximum atomic E-state index is 11.9. The zero-order chi connectivity index (χ0) is 16.9. The molecule has 4 nitrogen and oxygen atoms in total. The van der Waals surface area contributed by atoms with Gasteiger partial charge in [-0.15, -0.1) is 0 Å². The molecule has 5 heteroatoms. The highest BCUT2D eigenvalue weighted by Crippen LogP contribution is 2.19. The van der Waals surface area contributed by atoms with E-state index in [-0.39, 0.29) is 11.8 Å². The van der Waals surface area contributed by atoms with Crippen LogP contribution in [0, 0.1) is 3.57 Å². The van der Waals surface area contributed by atoms with Crippen LogP contribution in [-0.4, -0.2) is 17.9 Å². The van der Waals surface area contributed by atoms with Gasteiger partial charge in [-0.25, -0.2) is 0 Å². The highest BCUT2D eigenvalue weighted by atomic mass is 127. The standard InChI is InChI=1S/C19H17IN2O2/c20-15-2-1-3-17(12-15)21-18(23)11-6-13-4-7-14(8-5-13)19(24)22-16-9-10-16/h1-8,11-12,16H,9-10H2,(H,21,23)(H,22,24)/b11-6+. The van der Waals surface area contributed by atoms with Crippen molar-refractivity contribution < 1.29 is 9.59 Å². The van der Waals surface area contributed by atoms with Crippen molar-refractivity contribution in [2.24, 2.45) is 0 Å². The van der Waals surface area contributed by atoms with E-state index in [9.17, 15) is 9.59 Å². The molecule has 1 aliphatic rings. The third-order valence-corrected chi connectivity index (χ3v) is 4.28. The molecule has 0 aromatic heterocycles. The molecule has 0 aliphatic heterocycles. The number of carbonyl (C=O) groups excluding carboxylic acids is 2. The summed E-state index contributed by atoms with van der Waals surface area (Å²) in [4.78, 5) is 23.8.